The van der Waals surface area contributed by atoms with Gasteiger partial charge in [0.05, 0.1) is 43.2 Å². The van der Waals surface area contributed by atoms with E-state index in [1.54, 1.807) is 36.4 Å². The molecule has 1 amide bonds. The predicted molar refractivity (Wildman–Crippen MR) is 151 cm³/mol. The van der Waals surface area contributed by atoms with E-state index in [1.807, 2.05) is 26.0 Å². The lowest BCUT2D eigenvalue weighted by Crippen LogP contribution is -2.29. The molecule has 4 aromatic rings. The molecule has 0 spiro atoms. The number of aliphatic hydroxyl groups is 1. The Hall–Kier alpha value is -4.08. The maximum Gasteiger partial charge on any atom is 0.301 e. The smallest absolute Gasteiger partial charge is 0.301 e. The molecular weight excluding hydrogens is 540 g/mol. The van der Waals surface area contributed by atoms with E-state index in [0.29, 0.717) is 38.5 Å². The second kappa shape index (κ2) is 10.2. The summed E-state index contributed by atoms with van der Waals surface area (Å²) in [5.74, 6) is -0.964. The van der Waals surface area contributed by atoms with Crippen molar-refractivity contribution in [3.8, 4) is 17.2 Å². The van der Waals surface area contributed by atoms with E-state index in [4.69, 9.17) is 30.8 Å². The number of Topliss-reactive ketones (excluding diaryl/α,β-unsaturated/α-hetero) is 1. The fourth-order valence-corrected chi connectivity index (χ4v) is 6.12. The molecule has 1 aliphatic heterocycles. The number of benzene rings is 3. The first-order valence-electron chi connectivity index (χ1n) is 11.9. The number of ether oxygens (including phenoxy) is 3. The highest BCUT2D eigenvalue weighted by Crippen LogP contribution is 2.48. The molecule has 10 heteroatoms. The van der Waals surface area contributed by atoms with E-state index in [9.17, 15) is 14.7 Å². The predicted octanol–water partition coefficient (Wildman–Crippen LogP) is 6.22. The van der Waals surface area contributed by atoms with Gasteiger partial charge in [-0.1, -0.05) is 29.0 Å². The van der Waals surface area contributed by atoms with Gasteiger partial charge in [0.1, 0.15) is 5.76 Å². The van der Waals surface area contributed by atoms with Crippen LogP contribution in [0.4, 0.5) is 5.13 Å². The van der Waals surface area contributed by atoms with Crippen molar-refractivity contribution in [3.63, 3.8) is 0 Å². The van der Waals surface area contributed by atoms with E-state index < -0.39 is 17.7 Å². The van der Waals surface area contributed by atoms with Crippen LogP contribution < -0.4 is 19.1 Å². The number of ketones is 1. The average Bonchev–Trinajstić information content (AvgIpc) is 3.46. The molecule has 1 aromatic heterocycles. The number of carbonyl (C=O) groups is 2. The number of hydrogen-bond donors (Lipinski definition) is 1. The number of rotatable bonds is 6. The number of aliphatic hydroxyl groups excluding tert-OH is 1. The molecule has 1 unspecified atom stereocenters. The lowest BCUT2D eigenvalue weighted by molar-refractivity contribution is -0.132. The zero-order valence-electron chi connectivity index (χ0n) is 21.9. The van der Waals surface area contributed by atoms with Gasteiger partial charge in [0.15, 0.2) is 16.6 Å². The van der Waals surface area contributed by atoms with Crippen LogP contribution in [0.25, 0.3) is 16.0 Å². The van der Waals surface area contributed by atoms with Crippen molar-refractivity contribution >= 4 is 55.7 Å². The normalized spacial score (nSPS) is 16.7. The van der Waals surface area contributed by atoms with Crippen molar-refractivity contribution in [2.75, 3.05) is 26.2 Å². The molecule has 3 aromatic carbocycles. The number of carbonyl (C=O) groups excluding carboxylic acids is 2. The number of thiazole rings is 1. The summed E-state index contributed by atoms with van der Waals surface area (Å²) in [6.07, 6.45) is 0. The van der Waals surface area contributed by atoms with Gasteiger partial charge in [0.2, 0.25) is 5.75 Å². The van der Waals surface area contributed by atoms with Crippen LogP contribution in [0.1, 0.15) is 28.3 Å². The molecule has 8 nitrogen and oxygen atoms in total. The van der Waals surface area contributed by atoms with E-state index >= 15 is 0 Å². The Morgan fingerprint density at radius 2 is 1.62 bits per heavy atom. The summed E-state index contributed by atoms with van der Waals surface area (Å²) in [4.78, 5) is 33.3. The van der Waals surface area contributed by atoms with Crippen molar-refractivity contribution in [1.82, 2.24) is 4.98 Å². The largest absolute Gasteiger partial charge is 0.507 e. The third kappa shape index (κ3) is 4.47. The van der Waals surface area contributed by atoms with Crippen LogP contribution in [0.5, 0.6) is 17.2 Å². The summed E-state index contributed by atoms with van der Waals surface area (Å²) in [7, 11) is 4.44. The molecule has 0 aliphatic carbocycles. The standard InChI is InChI=1S/C29H25ClN2O6S/c1-14-10-15(2)23-21(11-14)39-29(31-23)32-24(17-12-19(36-3)27(38-5)20(13-17)37-4)22(26(34)28(32)35)25(33)16-6-8-18(30)9-7-16/h6-13,24,33H,1-5H3. The Bertz CT molecular complexity index is 1640. The molecule has 1 saturated heterocycles. The minimum atomic E-state index is -1.03. The van der Waals surface area contributed by atoms with Crippen LogP contribution in [-0.4, -0.2) is 43.1 Å². The molecule has 0 radical (unpaired) electrons. The second-order valence-electron chi connectivity index (χ2n) is 9.06. The third-order valence-corrected chi connectivity index (χ3v) is 7.84. The highest BCUT2D eigenvalue weighted by molar-refractivity contribution is 7.22. The van der Waals surface area contributed by atoms with E-state index in [-0.39, 0.29) is 11.3 Å². The molecular formula is C29H25ClN2O6S. The first-order valence-corrected chi connectivity index (χ1v) is 13.1. The quantitative estimate of drug-likeness (QED) is 0.169. The van der Waals surface area contributed by atoms with Crippen molar-refractivity contribution in [2.24, 2.45) is 0 Å². The lowest BCUT2D eigenvalue weighted by atomic mass is 9.95. The Labute approximate surface area is 234 Å². The summed E-state index contributed by atoms with van der Waals surface area (Å²) in [6, 6.07) is 12.6. The topological polar surface area (TPSA) is 98.2 Å². The average molecular weight is 565 g/mol. The minimum Gasteiger partial charge on any atom is -0.507 e. The fourth-order valence-electron chi connectivity index (χ4n) is 4.83. The number of hydrogen-bond acceptors (Lipinski definition) is 8. The first-order chi connectivity index (χ1) is 18.7. The molecule has 5 rings (SSSR count). The molecule has 2 heterocycles. The number of fused-ring (bicyclic) bond motifs is 1. The van der Waals surface area contributed by atoms with Crippen molar-refractivity contribution < 1.29 is 28.9 Å². The lowest BCUT2D eigenvalue weighted by Gasteiger charge is -2.24. The van der Waals surface area contributed by atoms with Crippen molar-refractivity contribution in [2.45, 2.75) is 19.9 Å². The minimum absolute atomic E-state index is 0.0937. The Kier molecular flexibility index (Phi) is 6.96. The Morgan fingerprint density at radius 3 is 2.21 bits per heavy atom. The number of methoxy groups -OCH3 is 3. The van der Waals surface area contributed by atoms with Crippen LogP contribution in [0.2, 0.25) is 5.02 Å². The van der Waals surface area contributed by atoms with Gasteiger partial charge in [-0.15, -0.1) is 0 Å². The number of halogens is 1. The maximum absolute atomic E-state index is 13.6. The molecule has 1 N–H and O–H groups in total. The van der Waals surface area contributed by atoms with Gasteiger partial charge in [-0.25, -0.2) is 4.98 Å². The summed E-state index contributed by atoms with van der Waals surface area (Å²) in [5.41, 5.74) is 3.46. The van der Waals surface area contributed by atoms with Crippen LogP contribution >= 0.6 is 22.9 Å². The molecule has 1 atom stereocenters. The number of aromatic nitrogens is 1. The number of nitrogens with zero attached hydrogens (tertiary/aromatic N) is 2. The van der Waals surface area contributed by atoms with Gasteiger partial charge in [-0.2, -0.15) is 0 Å². The SMILES string of the molecule is COc1cc(C2C(=C(O)c3ccc(Cl)cc3)C(=O)C(=O)N2c2nc3c(C)cc(C)cc3s2)cc(OC)c1OC. The first kappa shape index (κ1) is 26.5. The molecule has 0 saturated carbocycles. The van der Waals surface area contributed by atoms with Gasteiger partial charge in [-0.05, 0) is 73.0 Å². The van der Waals surface area contributed by atoms with Gasteiger partial charge in [0, 0.05) is 10.6 Å². The summed E-state index contributed by atoms with van der Waals surface area (Å²) >= 11 is 7.34. The van der Waals surface area contributed by atoms with Crippen molar-refractivity contribution in [1.29, 1.82) is 0 Å². The molecule has 200 valence electrons. The van der Waals surface area contributed by atoms with E-state index in [0.717, 1.165) is 21.3 Å². The van der Waals surface area contributed by atoms with Crippen molar-refractivity contribution in [3.05, 3.63) is 81.4 Å². The zero-order chi connectivity index (χ0) is 28.0. The van der Waals surface area contributed by atoms with Gasteiger partial charge >= 0.3 is 5.91 Å². The molecule has 0 bridgehead atoms. The number of amides is 1. The number of aryl methyl sites for hydroxylation is 2. The molecule has 1 aliphatic rings. The highest BCUT2D eigenvalue weighted by atomic mass is 35.5. The van der Waals surface area contributed by atoms with Gasteiger partial charge in [0.25, 0.3) is 5.78 Å². The van der Waals surface area contributed by atoms with Crippen LogP contribution in [0, 0.1) is 13.8 Å². The fraction of sp³-hybridized carbons (Fsp3) is 0.207. The summed E-state index contributed by atoms with van der Waals surface area (Å²) in [5, 5.41) is 12.2. The molecule has 39 heavy (non-hydrogen) atoms. The van der Waals surface area contributed by atoms with E-state index in [2.05, 4.69) is 0 Å². The number of anilines is 1. The van der Waals surface area contributed by atoms with Crippen LogP contribution in [0.15, 0.2) is 54.1 Å². The summed E-state index contributed by atoms with van der Waals surface area (Å²) in [6.45, 7) is 3.93. The van der Waals surface area contributed by atoms with Crippen LogP contribution in [0.3, 0.4) is 0 Å². The van der Waals surface area contributed by atoms with Gasteiger partial charge in [-0.3, -0.25) is 14.5 Å². The zero-order valence-corrected chi connectivity index (χ0v) is 23.4. The Morgan fingerprint density at radius 1 is 0.974 bits per heavy atom. The maximum atomic E-state index is 13.6. The monoisotopic (exact) mass is 564 g/mol. The van der Waals surface area contributed by atoms with Crippen LogP contribution in [-0.2, 0) is 9.59 Å². The van der Waals surface area contributed by atoms with Gasteiger partial charge < -0.3 is 19.3 Å². The summed E-state index contributed by atoms with van der Waals surface area (Å²) < 4.78 is 17.4. The third-order valence-electron chi connectivity index (χ3n) is 6.59. The second-order valence-corrected chi connectivity index (χ2v) is 10.5. The molecule has 1 fully saturated rings. The highest BCUT2D eigenvalue weighted by Gasteiger charge is 2.48. The Balaban J connectivity index is 1.80. The van der Waals surface area contributed by atoms with E-state index in [1.165, 1.54) is 37.6 Å².